The first-order valence-corrected chi connectivity index (χ1v) is 12.0. The number of imidazole rings is 1. The number of benzene rings is 3. The highest BCUT2D eigenvalue weighted by atomic mass is 32.1. The van der Waals surface area contributed by atoms with Crippen molar-refractivity contribution in [1.29, 1.82) is 0 Å². The Morgan fingerprint density at radius 1 is 0.903 bits per heavy atom. The summed E-state index contributed by atoms with van der Waals surface area (Å²) < 4.78 is 7.69. The van der Waals surface area contributed by atoms with Crippen molar-refractivity contribution in [3.8, 4) is 17.1 Å². The van der Waals surface area contributed by atoms with Gasteiger partial charge in [0.15, 0.2) is 0 Å². The number of rotatable bonds is 3. The lowest BCUT2D eigenvalue weighted by Crippen LogP contribution is -2.30. The largest absolute Gasteiger partial charge is 0.294 e. The molecule has 0 saturated carbocycles. The Morgan fingerprint density at radius 3 is 2.48 bits per heavy atom. The van der Waals surface area contributed by atoms with Crippen LogP contribution in [0.25, 0.3) is 37.2 Å². The Kier molecular flexibility index (Phi) is 4.13. The fourth-order valence-electron chi connectivity index (χ4n) is 5.22. The summed E-state index contributed by atoms with van der Waals surface area (Å²) in [5.41, 5.74) is 7.06. The molecule has 6 rings (SSSR count). The Labute approximate surface area is 187 Å². The molecule has 0 unspecified atom stereocenters. The van der Waals surface area contributed by atoms with Crippen molar-refractivity contribution in [2.75, 3.05) is 0 Å². The van der Waals surface area contributed by atoms with E-state index in [1.54, 1.807) is 0 Å². The van der Waals surface area contributed by atoms with Crippen molar-refractivity contribution < 1.29 is 4.57 Å². The molecule has 3 heterocycles. The van der Waals surface area contributed by atoms with Gasteiger partial charge in [-0.3, -0.25) is 0 Å². The second kappa shape index (κ2) is 6.80. The maximum absolute atomic E-state index is 2.47. The molecule has 1 aliphatic rings. The lowest BCUT2D eigenvalue weighted by Gasteiger charge is -2.19. The minimum absolute atomic E-state index is 0.434. The average Bonchev–Trinajstić information content (AvgIpc) is 3.43. The molecular weight excluding hydrogens is 396 g/mol. The quantitative estimate of drug-likeness (QED) is 0.262. The van der Waals surface area contributed by atoms with E-state index in [1.165, 1.54) is 53.9 Å². The van der Waals surface area contributed by atoms with Crippen LogP contribution in [0.3, 0.4) is 0 Å². The molecule has 5 aromatic rings. The van der Waals surface area contributed by atoms with E-state index >= 15 is 0 Å². The minimum atomic E-state index is 0.434. The number of aromatic nitrogens is 2. The number of fused-ring (bicyclic) bond motifs is 6. The van der Waals surface area contributed by atoms with Crippen molar-refractivity contribution in [3.05, 3.63) is 83.7 Å². The molecule has 0 saturated heterocycles. The van der Waals surface area contributed by atoms with Crippen LogP contribution in [0.2, 0.25) is 0 Å². The van der Waals surface area contributed by atoms with Crippen LogP contribution in [0.15, 0.2) is 67.0 Å². The van der Waals surface area contributed by atoms with E-state index in [4.69, 9.17) is 0 Å². The van der Waals surface area contributed by atoms with Gasteiger partial charge in [-0.2, -0.15) is 4.57 Å². The second-order valence-electron chi connectivity index (χ2n) is 9.29. The van der Waals surface area contributed by atoms with Gasteiger partial charge < -0.3 is 0 Å². The van der Waals surface area contributed by atoms with E-state index in [2.05, 4.69) is 104 Å². The van der Waals surface area contributed by atoms with Crippen molar-refractivity contribution >= 4 is 31.5 Å². The van der Waals surface area contributed by atoms with E-state index in [0.717, 1.165) is 6.54 Å². The van der Waals surface area contributed by atoms with Crippen molar-refractivity contribution in [3.63, 3.8) is 0 Å². The first-order valence-electron chi connectivity index (χ1n) is 11.2. The molecule has 0 N–H and O–H groups in total. The monoisotopic (exact) mass is 423 g/mol. The van der Waals surface area contributed by atoms with E-state index in [1.807, 2.05) is 11.3 Å². The molecule has 0 aliphatic carbocycles. The Morgan fingerprint density at radius 2 is 1.68 bits per heavy atom. The van der Waals surface area contributed by atoms with Crippen molar-refractivity contribution in [1.82, 2.24) is 4.57 Å². The van der Waals surface area contributed by atoms with E-state index in [0.29, 0.717) is 11.8 Å². The standard InChI is InChI=1S/C28H27N2S/c1-17(2)22-15-23-21-11-7-8-12-24(21)31-27(23)25(18(3)4)26(22)30-14-13-29-16-19-9-5-6-10-20(19)28(29)30/h5-15,17-18H,16H2,1-4H3/q+1. The van der Waals surface area contributed by atoms with Gasteiger partial charge in [-0.15, -0.1) is 11.3 Å². The van der Waals surface area contributed by atoms with Crippen LogP contribution in [0.5, 0.6) is 0 Å². The molecule has 154 valence electrons. The maximum Gasteiger partial charge on any atom is 0.294 e. The summed E-state index contributed by atoms with van der Waals surface area (Å²) in [7, 11) is 0. The molecule has 2 aromatic heterocycles. The minimum Gasteiger partial charge on any atom is -0.225 e. The van der Waals surface area contributed by atoms with Gasteiger partial charge in [-0.1, -0.05) is 64.1 Å². The fraction of sp³-hybridized carbons (Fsp3) is 0.250. The molecule has 0 amide bonds. The van der Waals surface area contributed by atoms with Crippen molar-refractivity contribution in [2.24, 2.45) is 0 Å². The highest BCUT2D eigenvalue weighted by Crippen LogP contribution is 2.45. The molecule has 0 bridgehead atoms. The zero-order valence-electron chi connectivity index (χ0n) is 18.5. The fourth-order valence-corrected chi connectivity index (χ4v) is 6.59. The highest BCUT2D eigenvalue weighted by Gasteiger charge is 2.33. The van der Waals surface area contributed by atoms with Gasteiger partial charge in [0.1, 0.15) is 24.6 Å². The normalized spacial score (nSPS) is 13.0. The molecule has 31 heavy (non-hydrogen) atoms. The number of hydrogen-bond donors (Lipinski definition) is 0. The Bertz CT molecular complexity index is 1470. The predicted molar refractivity (Wildman–Crippen MR) is 132 cm³/mol. The molecule has 0 spiro atoms. The average molecular weight is 424 g/mol. The molecule has 0 atom stereocenters. The van der Waals surface area contributed by atoms with Gasteiger partial charge in [0, 0.05) is 36.9 Å². The summed E-state index contributed by atoms with van der Waals surface area (Å²) in [6.45, 7) is 10.3. The lowest BCUT2D eigenvalue weighted by atomic mass is 9.90. The van der Waals surface area contributed by atoms with Crippen LogP contribution in [0, 0.1) is 0 Å². The molecule has 0 radical (unpaired) electrons. The SMILES string of the molecule is CC(C)c1cc2c(sc3ccccc32)c(C(C)C)c1-n1cc[n+]2c1-c1ccccc1C2. The maximum atomic E-state index is 2.47. The zero-order chi connectivity index (χ0) is 21.3. The highest BCUT2D eigenvalue weighted by molar-refractivity contribution is 7.26. The summed E-state index contributed by atoms with van der Waals surface area (Å²) in [6, 6.07) is 20.2. The van der Waals surface area contributed by atoms with Gasteiger partial charge in [0.2, 0.25) is 0 Å². The van der Waals surface area contributed by atoms with Crippen molar-refractivity contribution in [2.45, 2.75) is 46.1 Å². The molecule has 0 fully saturated rings. The summed E-state index contributed by atoms with van der Waals surface area (Å²) >= 11 is 1.95. The number of hydrogen-bond acceptors (Lipinski definition) is 1. The van der Waals surface area contributed by atoms with Gasteiger partial charge in [-0.05, 0) is 30.0 Å². The van der Waals surface area contributed by atoms with Gasteiger partial charge in [0.25, 0.3) is 5.82 Å². The van der Waals surface area contributed by atoms with Gasteiger partial charge >= 0.3 is 0 Å². The van der Waals surface area contributed by atoms with E-state index in [-0.39, 0.29) is 0 Å². The van der Waals surface area contributed by atoms with Crippen LogP contribution in [0.4, 0.5) is 0 Å². The first-order chi connectivity index (χ1) is 15.0. The first kappa shape index (κ1) is 18.8. The third kappa shape index (κ3) is 2.66. The molecule has 3 heteroatoms. The summed E-state index contributed by atoms with van der Waals surface area (Å²) in [4.78, 5) is 0. The van der Waals surface area contributed by atoms with Crippen LogP contribution < -0.4 is 4.57 Å². The van der Waals surface area contributed by atoms with Crippen LogP contribution >= 0.6 is 11.3 Å². The van der Waals surface area contributed by atoms with Crippen LogP contribution in [-0.2, 0) is 6.54 Å². The molecule has 3 aromatic carbocycles. The smallest absolute Gasteiger partial charge is 0.225 e. The van der Waals surface area contributed by atoms with E-state index in [9.17, 15) is 0 Å². The lowest BCUT2D eigenvalue weighted by molar-refractivity contribution is -0.671. The van der Waals surface area contributed by atoms with Crippen LogP contribution in [0.1, 0.15) is 56.2 Å². The zero-order valence-corrected chi connectivity index (χ0v) is 19.3. The Hall–Kier alpha value is -2.91. The third-order valence-electron chi connectivity index (χ3n) is 6.64. The summed E-state index contributed by atoms with van der Waals surface area (Å²) in [6.07, 6.45) is 4.52. The summed E-state index contributed by atoms with van der Waals surface area (Å²) in [5.74, 6) is 2.18. The Balaban J connectivity index is 1.75. The summed E-state index contributed by atoms with van der Waals surface area (Å²) in [5, 5.41) is 2.80. The second-order valence-corrected chi connectivity index (χ2v) is 10.3. The number of nitrogens with zero attached hydrogens (tertiary/aromatic N) is 2. The van der Waals surface area contributed by atoms with Crippen LogP contribution in [-0.4, -0.2) is 4.57 Å². The third-order valence-corrected chi connectivity index (χ3v) is 7.86. The molecule has 2 nitrogen and oxygen atoms in total. The van der Waals surface area contributed by atoms with Gasteiger partial charge in [0.05, 0.1) is 5.56 Å². The molecular formula is C28H27N2S+. The van der Waals surface area contributed by atoms with Gasteiger partial charge in [-0.25, -0.2) is 4.57 Å². The number of thiophene rings is 1. The topological polar surface area (TPSA) is 8.81 Å². The van der Waals surface area contributed by atoms with E-state index < -0.39 is 0 Å². The molecule has 1 aliphatic heterocycles. The predicted octanol–water partition coefficient (Wildman–Crippen LogP) is 7.41.